The number of anilines is 1. The van der Waals surface area contributed by atoms with E-state index < -0.39 is 6.03 Å². The average Bonchev–Trinajstić information content (AvgIpc) is 3.26. The first-order chi connectivity index (χ1) is 15.1. The maximum atomic E-state index is 13.2. The number of benzene rings is 3. The predicted octanol–water partition coefficient (Wildman–Crippen LogP) is 5.92. The van der Waals surface area contributed by atoms with Crippen LogP contribution in [0, 0.1) is 0 Å². The molecule has 1 N–H and O–H groups in total. The van der Waals surface area contributed by atoms with Crippen molar-refractivity contribution in [2.45, 2.75) is 13.3 Å². The molecule has 3 aromatic carbocycles. The number of nitrogens with zero attached hydrogens (tertiary/aromatic N) is 3. The lowest BCUT2D eigenvalue weighted by Crippen LogP contribution is -2.22. The van der Waals surface area contributed by atoms with E-state index in [0.29, 0.717) is 28.1 Å². The summed E-state index contributed by atoms with van der Waals surface area (Å²) in [7, 11) is 1.60. The Balaban J connectivity index is 1.83. The number of hydrogen-bond acceptors (Lipinski definition) is 4. The van der Waals surface area contributed by atoms with Crippen molar-refractivity contribution in [3.63, 3.8) is 0 Å². The molecule has 0 bridgehead atoms. The van der Waals surface area contributed by atoms with E-state index in [-0.39, 0.29) is 0 Å². The van der Waals surface area contributed by atoms with Gasteiger partial charge in [0.2, 0.25) is 0 Å². The van der Waals surface area contributed by atoms with Crippen molar-refractivity contribution in [1.82, 2.24) is 14.8 Å². The Kier molecular flexibility index (Phi) is 6.00. The molecule has 0 aliphatic carbocycles. The number of amides is 1. The molecule has 0 unspecified atom stereocenters. The molecule has 1 amide bonds. The second kappa shape index (κ2) is 9.02. The van der Waals surface area contributed by atoms with Crippen LogP contribution in [0.4, 0.5) is 10.5 Å². The number of methoxy groups -OCH3 is 1. The maximum Gasteiger partial charge on any atom is 0.348 e. The van der Waals surface area contributed by atoms with E-state index in [9.17, 15) is 4.79 Å². The Labute approximate surface area is 185 Å². The van der Waals surface area contributed by atoms with Crippen LogP contribution >= 0.6 is 11.6 Å². The fourth-order valence-corrected chi connectivity index (χ4v) is 3.47. The van der Waals surface area contributed by atoms with Gasteiger partial charge in [0.25, 0.3) is 0 Å². The molecule has 1 heterocycles. The zero-order valence-corrected chi connectivity index (χ0v) is 17.9. The molecule has 1 aromatic heterocycles. The molecule has 0 saturated carbocycles. The molecule has 0 fully saturated rings. The van der Waals surface area contributed by atoms with Crippen LogP contribution in [-0.2, 0) is 6.42 Å². The lowest BCUT2D eigenvalue weighted by molar-refractivity contribution is 0.251. The number of rotatable bonds is 5. The monoisotopic (exact) mass is 432 g/mol. The van der Waals surface area contributed by atoms with Crippen molar-refractivity contribution >= 4 is 23.3 Å². The lowest BCUT2D eigenvalue weighted by atomic mass is 10.0. The molecule has 0 radical (unpaired) electrons. The third-order valence-electron chi connectivity index (χ3n) is 4.88. The Morgan fingerprint density at radius 2 is 1.84 bits per heavy atom. The van der Waals surface area contributed by atoms with Crippen LogP contribution in [0.3, 0.4) is 0 Å². The topological polar surface area (TPSA) is 69.0 Å². The van der Waals surface area contributed by atoms with E-state index in [4.69, 9.17) is 21.3 Å². The van der Waals surface area contributed by atoms with Crippen molar-refractivity contribution in [2.75, 3.05) is 12.4 Å². The number of aromatic nitrogens is 3. The molecular weight excluding hydrogens is 412 g/mol. The van der Waals surface area contributed by atoms with Gasteiger partial charge in [0, 0.05) is 11.1 Å². The van der Waals surface area contributed by atoms with Crippen LogP contribution in [-0.4, -0.2) is 27.9 Å². The summed E-state index contributed by atoms with van der Waals surface area (Å²) in [6, 6.07) is 21.9. The molecule has 31 heavy (non-hydrogen) atoms. The summed E-state index contributed by atoms with van der Waals surface area (Å²) in [5.74, 6) is 1.57. The van der Waals surface area contributed by atoms with Gasteiger partial charge in [-0.3, -0.25) is 0 Å². The minimum Gasteiger partial charge on any atom is -0.497 e. The Hall–Kier alpha value is -3.64. The maximum absolute atomic E-state index is 13.2. The van der Waals surface area contributed by atoms with Crippen molar-refractivity contribution < 1.29 is 9.53 Å². The van der Waals surface area contributed by atoms with E-state index in [1.807, 2.05) is 48.5 Å². The summed E-state index contributed by atoms with van der Waals surface area (Å²) in [5, 5.41) is 7.80. The number of aryl methyl sites for hydroxylation is 1. The summed E-state index contributed by atoms with van der Waals surface area (Å²) in [5.41, 5.74) is 3.17. The molecule has 6 nitrogen and oxygen atoms in total. The quantitative estimate of drug-likeness (QED) is 0.425. The first kappa shape index (κ1) is 20.6. The molecule has 156 valence electrons. The highest BCUT2D eigenvalue weighted by Crippen LogP contribution is 2.28. The zero-order chi connectivity index (χ0) is 21.8. The van der Waals surface area contributed by atoms with Crippen molar-refractivity contribution in [3.8, 4) is 28.5 Å². The van der Waals surface area contributed by atoms with Gasteiger partial charge in [-0.2, -0.15) is 4.68 Å². The van der Waals surface area contributed by atoms with Crippen LogP contribution < -0.4 is 10.1 Å². The second-order valence-corrected chi connectivity index (χ2v) is 7.23. The van der Waals surface area contributed by atoms with Gasteiger partial charge in [0.15, 0.2) is 11.6 Å². The first-order valence-corrected chi connectivity index (χ1v) is 10.2. The molecular formula is C24H21ClN4O2. The highest BCUT2D eigenvalue weighted by molar-refractivity contribution is 6.33. The molecule has 0 atom stereocenters. The third kappa shape index (κ3) is 4.29. The Morgan fingerprint density at radius 1 is 1.06 bits per heavy atom. The molecule has 4 rings (SSSR count). The predicted molar refractivity (Wildman–Crippen MR) is 123 cm³/mol. The minimum absolute atomic E-state index is 0.425. The summed E-state index contributed by atoms with van der Waals surface area (Å²) in [6.45, 7) is 2.06. The van der Waals surface area contributed by atoms with Crippen LogP contribution in [0.15, 0.2) is 72.8 Å². The van der Waals surface area contributed by atoms with Gasteiger partial charge in [-0.1, -0.05) is 67.1 Å². The fraction of sp³-hybridized carbons (Fsp3) is 0.125. The van der Waals surface area contributed by atoms with E-state index >= 15 is 0 Å². The summed E-state index contributed by atoms with van der Waals surface area (Å²) < 4.78 is 6.60. The van der Waals surface area contributed by atoms with Gasteiger partial charge < -0.3 is 10.1 Å². The molecule has 0 saturated heterocycles. The zero-order valence-electron chi connectivity index (χ0n) is 17.2. The van der Waals surface area contributed by atoms with Crippen molar-refractivity contribution in [2.24, 2.45) is 0 Å². The van der Waals surface area contributed by atoms with Gasteiger partial charge in [-0.25, -0.2) is 9.78 Å². The SMILES string of the molecule is CCc1ccccc1-c1nc(-c2cccc(OC)c2)nn1C(=O)Nc1ccccc1Cl. The normalized spacial score (nSPS) is 10.7. The molecule has 0 aliphatic heterocycles. The number of para-hydroxylation sites is 1. The molecule has 0 aliphatic rings. The highest BCUT2D eigenvalue weighted by Gasteiger charge is 2.21. The van der Waals surface area contributed by atoms with Crippen LogP contribution in [0.25, 0.3) is 22.8 Å². The van der Waals surface area contributed by atoms with Gasteiger partial charge in [0.1, 0.15) is 5.75 Å². The largest absolute Gasteiger partial charge is 0.497 e. The molecule has 7 heteroatoms. The number of hydrogen-bond donors (Lipinski definition) is 1. The van der Waals surface area contributed by atoms with Crippen molar-refractivity contribution in [1.29, 1.82) is 0 Å². The first-order valence-electron chi connectivity index (χ1n) is 9.86. The molecule has 4 aromatic rings. The van der Waals surface area contributed by atoms with Crippen molar-refractivity contribution in [3.05, 3.63) is 83.4 Å². The smallest absolute Gasteiger partial charge is 0.348 e. The van der Waals surface area contributed by atoms with E-state index in [0.717, 1.165) is 23.1 Å². The Morgan fingerprint density at radius 3 is 2.61 bits per heavy atom. The summed E-state index contributed by atoms with van der Waals surface area (Å²) in [4.78, 5) is 17.9. The summed E-state index contributed by atoms with van der Waals surface area (Å²) >= 11 is 6.22. The van der Waals surface area contributed by atoms with Gasteiger partial charge in [0.05, 0.1) is 17.8 Å². The number of carbonyl (C=O) groups is 1. The van der Waals surface area contributed by atoms with Crippen LogP contribution in [0.2, 0.25) is 5.02 Å². The number of halogens is 1. The van der Waals surface area contributed by atoms with Gasteiger partial charge in [-0.15, -0.1) is 5.10 Å². The number of ether oxygens (including phenoxy) is 1. The molecule has 0 spiro atoms. The third-order valence-corrected chi connectivity index (χ3v) is 5.21. The van der Waals surface area contributed by atoms with E-state index in [1.54, 1.807) is 31.4 Å². The van der Waals surface area contributed by atoms with E-state index in [1.165, 1.54) is 4.68 Å². The van der Waals surface area contributed by atoms with Crippen LogP contribution in [0.5, 0.6) is 5.75 Å². The number of carbonyl (C=O) groups excluding carboxylic acids is 1. The lowest BCUT2D eigenvalue weighted by Gasteiger charge is -2.10. The second-order valence-electron chi connectivity index (χ2n) is 6.82. The summed E-state index contributed by atoms with van der Waals surface area (Å²) in [6.07, 6.45) is 0.795. The minimum atomic E-state index is -0.448. The number of nitrogens with one attached hydrogen (secondary N) is 1. The Bertz CT molecular complexity index is 1240. The fourth-order valence-electron chi connectivity index (χ4n) is 3.29. The highest BCUT2D eigenvalue weighted by atomic mass is 35.5. The average molecular weight is 433 g/mol. The standard InChI is InChI=1S/C24H21ClN4O2/c1-3-16-9-4-5-12-19(16)23-27-22(17-10-8-11-18(15-17)31-2)28-29(23)24(30)26-21-14-7-6-13-20(21)25/h4-15H,3H2,1-2H3,(H,26,30). The van der Waals surface area contributed by atoms with E-state index in [2.05, 4.69) is 17.3 Å². The van der Waals surface area contributed by atoms with Crippen LogP contribution in [0.1, 0.15) is 12.5 Å². The van der Waals surface area contributed by atoms with Gasteiger partial charge in [-0.05, 0) is 36.2 Å². The van der Waals surface area contributed by atoms with Gasteiger partial charge >= 0.3 is 6.03 Å².